The summed E-state index contributed by atoms with van der Waals surface area (Å²) in [5.41, 5.74) is 0.213. The molecule has 0 aromatic carbocycles. The van der Waals surface area contributed by atoms with Crippen LogP contribution in [-0.2, 0) is 9.47 Å². The average molecular weight is 300 g/mol. The molecule has 2 atom stereocenters. The van der Waals surface area contributed by atoms with Crippen molar-refractivity contribution in [2.24, 2.45) is 0 Å². The van der Waals surface area contributed by atoms with Gasteiger partial charge in [0.05, 0.1) is 18.8 Å². The molecule has 5 heteroatoms. The number of morpholine rings is 1. The highest BCUT2D eigenvalue weighted by Gasteiger charge is 2.40. The predicted molar refractivity (Wildman–Crippen MR) is 83.5 cm³/mol. The topological polar surface area (TPSA) is 33.7 Å². The second kappa shape index (κ2) is 7.45. The second-order valence-electron chi connectivity index (χ2n) is 6.29. The Hall–Kier alpha value is 0.190. The fraction of sp³-hybridized carbons (Fsp3) is 1.00. The van der Waals surface area contributed by atoms with Crippen LogP contribution in [0, 0.1) is 0 Å². The zero-order valence-corrected chi connectivity index (χ0v) is 13.3. The van der Waals surface area contributed by atoms with Crippen molar-refractivity contribution in [3.8, 4) is 0 Å². The van der Waals surface area contributed by atoms with Crippen LogP contribution < -0.4 is 5.32 Å². The van der Waals surface area contributed by atoms with E-state index in [1.807, 2.05) is 0 Å². The van der Waals surface area contributed by atoms with Gasteiger partial charge in [0.25, 0.3) is 0 Å². The molecule has 0 bridgehead atoms. The molecule has 3 heterocycles. The molecule has 3 fully saturated rings. The van der Waals surface area contributed by atoms with Crippen molar-refractivity contribution >= 4 is 11.8 Å². The fourth-order valence-electron chi connectivity index (χ4n) is 3.50. The van der Waals surface area contributed by atoms with Gasteiger partial charge in [-0.25, -0.2) is 0 Å². The maximum absolute atomic E-state index is 6.08. The van der Waals surface area contributed by atoms with Crippen LogP contribution in [0.2, 0.25) is 0 Å². The van der Waals surface area contributed by atoms with Crippen LogP contribution in [0.5, 0.6) is 0 Å². The quantitative estimate of drug-likeness (QED) is 0.775. The molecule has 0 aliphatic carbocycles. The minimum atomic E-state index is 0.213. The summed E-state index contributed by atoms with van der Waals surface area (Å²) in [6.45, 7) is 7.34. The Balaban J connectivity index is 1.31. The first-order valence-corrected chi connectivity index (χ1v) is 9.27. The molecule has 0 aromatic heterocycles. The van der Waals surface area contributed by atoms with Crippen LogP contribution >= 0.6 is 11.8 Å². The number of rotatable bonds is 5. The highest BCUT2D eigenvalue weighted by atomic mass is 32.2. The van der Waals surface area contributed by atoms with Gasteiger partial charge in [0, 0.05) is 31.5 Å². The van der Waals surface area contributed by atoms with Gasteiger partial charge in [-0.15, -0.1) is 0 Å². The number of thioether (sulfide) groups is 1. The Morgan fingerprint density at radius 1 is 1.25 bits per heavy atom. The smallest absolute Gasteiger partial charge is 0.0795 e. The minimum absolute atomic E-state index is 0.213. The first-order chi connectivity index (χ1) is 9.86. The lowest BCUT2D eigenvalue weighted by Crippen LogP contribution is -2.47. The van der Waals surface area contributed by atoms with Gasteiger partial charge < -0.3 is 14.8 Å². The van der Waals surface area contributed by atoms with E-state index in [9.17, 15) is 0 Å². The fourth-order valence-corrected chi connectivity index (χ4v) is 4.88. The number of hydrogen-bond donors (Lipinski definition) is 1. The average Bonchev–Trinajstić information content (AvgIpc) is 2.93. The zero-order chi connectivity index (χ0) is 13.7. The second-order valence-corrected chi connectivity index (χ2v) is 7.39. The summed E-state index contributed by atoms with van der Waals surface area (Å²) in [4.78, 5) is 2.52. The van der Waals surface area contributed by atoms with E-state index in [0.29, 0.717) is 6.04 Å². The summed E-state index contributed by atoms with van der Waals surface area (Å²) in [7, 11) is 0. The Bertz CT molecular complexity index is 292. The van der Waals surface area contributed by atoms with Crippen LogP contribution in [-0.4, -0.2) is 74.0 Å². The van der Waals surface area contributed by atoms with Crippen molar-refractivity contribution < 1.29 is 9.47 Å². The molecular formula is C15H28N2O2S. The van der Waals surface area contributed by atoms with E-state index in [4.69, 9.17) is 9.47 Å². The van der Waals surface area contributed by atoms with Crippen LogP contribution in [0.25, 0.3) is 0 Å². The van der Waals surface area contributed by atoms with E-state index in [-0.39, 0.29) is 5.60 Å². The predicted octanol–water partition coefficient (Wildman–Crippen LogP) is 1.35. The van der Waals surface area contributed by atoms with Crippen molar-refractivity contribution in [2.75, 3.05) is 57.5 Å². The van der Waals surface area contributed by atoms with Crippen LogP contribution in [0.1, 0.15) is 25.7 Å². The van der Waals surface area contributed by atoms with Gasteiger partial charge in [-0.1, -0.05) is 0 Å². The summed E-state index contributed by atoms with van der Waals surface area (Å²) in [5, 5.41) is 3.77. The molecule has 0 amide bonds. The summed E-state index contributed by atoms with van der Waals surface area (Å²) >= 11 is 2.06. The van der Waals surface area contributed by atoms with Gasteiger partial charge >= 0.3 is 0 Å². The lowest BCUT2D eigenvalue weighted by atomic mass is 9.90. The zero-order valence-electron chi connectivity index (χ0n) is 12.4. The molecule has 0 aromatic rings. The third-order valence-corrected chi connectivity index (χ3v) is 5.97. The SMILES string of the molecule is C(CNC1CCOC2(CCSC2)C1)CN1CCOCC1. The Labute approximate surface area is 126 Å². The van der Waals surface area contributed by atoms with Crippen molar-refractivity contribution in [2.45, 2.75) is 37.3 Å². The first kappa shape index (κ1) is 15.1. The number of nitrogens with zero attached hydrogens (tertiary/aromatic N) is 1. The van der Waals surface area contributed by atoms with Gasteiger partial charge in [-0.2, -0.15) is 11.8 Å². The molecule has 20 heavy (non-hydrogen) atoms. The van der Waals surface area contributed by atoms with Crippen molar-refractivity contribution in [1.29, 1.82) is 0 Å². The minimum Gasteiger partial charge on any atom is -0.379 e. The lowest BCUT2D eigenvalue weighted by Gasteiger charge is -2.38. The Kier molecular flexibility index (Phi) is 5.63. The molecule has 116 valence electrons. The highest BCUT2D eigenvalue weighted by Crippen LogP contribution is 2.38. The standard InChI is InChI=1S/C15H28N2O2S/c1(5-17-6-9-18-10-7-17)4-16-14-2-8-19-15(12-14)3-11-20-13-15/h14,16H,1-13H2. The molecule has 3 saturated heterocycles. The number of ether oxygens (including phenoxy) is 2. The first-order valence-electron chi connectivity index (χ1n) is 8.12. The van der Waals surface area contributed by atoms with Crippen LogP contribution in [0.15, 0.2) is 0 Å². The summed E-state index contributed by atoms with van der Waals surface area (Å²) in [5.74, 6) is 2.49. The van der Waals surface area contributed by atoms with E-state index >= 15 is 0 Å². The number of nitrogens with one attached hydrogen (secondary N) is 1. The van der Waals surface area contributed by atoms with E-state index in [2.05, 4.69) is 22.0 Å². The Morgan fingerprint density at radius 2 is 2.15 bits per heavy atom. The maximum atomic E-state index is 6.08. The molecule has 0 saturated carbocycles. The lowest BCUT2D eigenvalue weighted by molar-refractivity contribution is -0.0701. The van der Waals surface area contributed by atoms with Crippen molar-refractivity contribution in [1.82, 2.24) is 10.2 Å². The molecule has 3 aliphatic heterocycles. The molecule has 2 unspecified atom stereocenters. The third-order valence-electron chi connectivity index (χ3n) is 4.75. The molecule has 1 spiro atoms. The van der Waals surface area contributed by atoms with Gasteiger partial charge in [0.2, 0.25) is 0 Å². The normalized spacial score (nSPS) is 35.7. The van der Waals surface area contributed by atoms with Gasteiger partial charge in [-0.05, 0) is 44.5 Å². The summed E-state index contributed by atoms with van der Waals surface area (Å²) < 4.78 is 11.5. The monoisotopic (exact) mass is 300 g/mol. The van der Waals surface area contributed by atoms with E-state index in [0.717, 1.165) is 39.5 Å². The molecule has 1 N–H and O–H groups in total. The van der Waals surface area contributed by atoms with Crippen molar-refractivity contribution in [3.63, 3.8) is 0 Å². The highest BCUT2D eigenvalue weighted by molar-refractivity contribution is 7.99. The molecular weight excluding hydrogens is 272 g/mol. The van der Waals surface area contributed by atoms with Gasteiger partial charge in [0.1, 0.15) is 0 Å². The van der Waals surface area contributed by atoms with Gasteiger partial charge in [0.15, 0.2) is 0 Å². The maximum Gasteiger partial charge on any atom is 0.0795 e. The van der Waals surface area contributed by atoms with Crippen molar-refractivity contribution in [3.05, 3.63) is 0 Å². The van der Waals surface area contributed by atoms with Crippen LogP contribution in [0.3, 0.4) is 0 Å². The van der Waals surface area contributed by atoms with Gasteiger partial charge in [-0.3, -0.25) is 4.90 Å². The Morgan fingerprint density at radius 3 is 2.95 bits per heavy atom. The molecule has 3 aliphatic rings. The molecule has 3 rings (SSSR count). The molecule has 4 nitrogen and oxygen atoms in total. The summed E-state index contributed by atoms with van der Waals surface area (Å²) in [6.07, 6.45) is 4.91. The number of hydrogen-bond acceptors (Lipinski definition) is 5. The third kappa shape index (κ3) is 4.10. The largest absolute Gasteiger partial charge is 0.379 e. The van der Waals surface area contributed by atoms with E-state index in [1.165, 1.54) is 43.7 Å². The van der Waals surface area contributed by atoms with E-state index < -0.39 is 0 Å². The molecule has 0 radical (unpaired) electrons. The summed E-state index contributed by atoms with van der Waals surface area (Å²) in [6, 6.07) is 0.673. The van der Waals surface area contributed by atoms with Crippen LogP contribution in [0.4, 0.5) is 0 Å². The van der Waals surface area contributed by atoms with E-state index in [1.54, 1.807) is 0 Å².